The Bertz CT molecular complexity index is 335. The average molecular weight is 262 g/mol. The summed E-state index contributed by atoms with van der Waals surface area (Å²) >= 11 is 0. The first-order chi connectivity index (χ1) is 8.03. The van der Waals surface area contributed by atoms with E-state index in [1.54, 1.807) is 6.92 Å². The van der Waals surface area contributed by atoms with Crippen molar-refractivity contribution in [1.82, 2.24) is 10.6 Å². The smallest absolute Gasteiger partial charge is 0.221 e. The normalized spacial score (nSPS) is 21.1. The molecule has 0 aromatic rings. The Hall–Kier alpha value is -0.620. The molecule has 1 aliphatic rings. The molecule has 1 fully saturated rings. The molecule has 17 heavy (non-hydrogen) atoms. The predicted molar refractivity (Wildman–Crippen MR) is 67.6 cm³/mol. The van der Waals surface area contributed by atoms with Crippen LogP contribution in [-0.2, 0) is 14.6 Å². The van der Waals surface area contributed by atoms with E-state index in [0.29, 0.717) is 6.42 Å². The van der Waals surface area contributed by atoms with Crippen molar-refractivity contribution in [2.24, 2.45) is 0 Å². The Labute approximate surface area is 103 Å². The van der Waals surface area contributed by atoms with E-state index in [9.17, 15) is 13.2 Å². The lowest BCUT2D eigenvalue weighted by molar-refractivity contribution is -0.121. The SMILES string of the molecule is CCS(=O)(=O)CCNC(=O)CC1CCCCN1. The summed E-state index contributed by atoms with van der Waals surface area (Å²) in [5, 5.41) is 5.95. The van der Waals surface area contributed by atoms with Gasteiger partial charge in [-0.05, 0) is 19.4 Å². The van der Waals surface area contributed by atoms with Crippen molar-refractivity contribution in [2.75, 3.05) is 24.6 Å². The molecule has 0 saturated carbocycles. The van der Waals surface area contributed by atoms with Crippen LogP contribution in [0.3, 0.4) is 0 Å². The number of hydrogen-bond acceptors (Lipinski definition) is 4. The molecule has 1 heterocycles. The fourth-order valence-electron chi connectivity index (χ4n) is 1.88. The zero-order chi connectivity index (χ0) is 12.7. The van der Waals surface area contributed by atoms with Crippen LogP contribution in [0.1, 0.15) is 32.6 Å². The van der Waals surface area contributed by atoms with Crippen LogP contribution in [0.5, 0.6) is 0 Å². The summed E-state index contributed by atoms with van der Waals surface area (Å²) in [5.74, 6) is 0.108. The van der Waals surface area contributed by atoms with E-state index >= 15 is 0 Å². The molecule has 2 N–H and O–H groups in total. The number of amides is 1. The first kappa shape index (κ1) is 14.4. The van der Waals surface area contributed by atoms with E-state index in [1.807, 2.05) is 0 Å². The van der Waals surface area contributed by atoms with Crippen molar-refractivity contribution in [3.8, 4) is 0 Å². The van der Waals surface area contributed by atoms with Gasteiger partial charge in [0, 0.05) is 24.8 Å². The zero-order valence-corrected chi connectivity index (χ0v) is 11.2. The van der Waals surface area contributed by atoms with Crippen LogP contribution in [0.4, 0.5) is 0 Å². The summed E-state index contributed by atoms with van der Waals surface area (Å²) in [6.07, 6.45) is 3.81. The topological polar surface area (TPSA) is 75.3 Å². The molecule has 0 aromatic carbocycles. The van der Waals surface area contributed by atoms with Gasteiger partial charge < -0.3 is 10.6 Å². The molecule has 1 atom stereocenters. The van der Waals surface area contributed by atoms with Gasteiger partial charge >= 0.3 is 0 Å². The second kappa shape index (κ2) is 6.96. The number of carbonyl (C=O) groups is 1. The van der Waals surface area contributed by atoms with E-state index in [1.165, 1.54) is 6.42 Å². The second-order valence-electron chi connectivity index (χ2n) is 4.44. The third kappa shape index (κ3) is 6.02. The Morgan fingerprint density at radius 2 is 2.18 bits per heavy atom. The molecular weight excluding hydrogens is 240 g/mol. The third-order valence-electron chi connectivity index (χ3n) is 3.02. The molecule has 0 aliphatic carbocycles. The van der Waals surface area contributed by atoms with Crippen LogP contribution >= 0.6 is 0 Å². The quantitative estimate of drug-likeness (QED) is 0.710. The van der Waals surface area contributed by atoms with Crippen molar-refractivity contribution in [1.29, 1.82) is 0 Å². The van der Waals surface area contributed by atoms with Gasteiger partial charge in [-0.25, -0.2) is 8.42 Å². The number of piperidine rings is 1. The molecule has 1 aliphatic heterocycles. The summed E-state index contributed by atoms with van der Waals surface area (Å²) < 4.78 is 22.4. The first-order valence-electron chi connectivity index (χ1n) is 6.24. The fourth-order valence-corrected chi connectivity index (χ4v) is 2.59. The van der Waals surface area contributed by atoms with Gasteiger partial charge in [0.15, 0.2) is 9.84 Å². The molecule has 1 saturated heterocycles. The molecule has 100 valence electrons. The Morgan fingerprint density at radius 1 is 1.41 bits per heavy atom. The van der Waals surface area contributed by atoms with E-state index in [2.05, 4.69) is 10.6 Å². The summed E-state index contributed by atoms with van der Waals surface area (Å²) in [5.41, 5.74) is 0. The van der Waals surface area contributed by atoms with Crippen LogP contribution < -0.4 is 10.6 Å². The standard InChI is InChI=1S/C11H22N2O3S/c1-2-17(15,16)8-7-13-11(14)9-10-5-3-4-6-12-10/h10,12H,2-9H2,1H3,(H,13,14). The van der Waals surface area contributed by atoms with E-state index < -0.39 is 9.84 Å². The van der Waals surface area contributed by atoms with Gasteiger partial charge in [0.2, 0.25) is 5.91 Å². The van der Waals surface area contributed by atoms with Crippen LogP contribution in [0, 0.1) is 0 Å². The lowest BCUT2D eigenvalue weighted by Gasteiger charge is -2.22. The molecule has 0 spiro atoms. The molecule has 0 aromatic heterocycles. The Balaban J connectivity index is 2.16. The van der Waals surface area contributed by atoms with Gasteiger partial charge in [0.25, 0.3) is 0 Å². The Kier molecular flexibility index (Phi) is 5.91. The molecular formula is C11H22N2O3S. The maximum atomic E-state index is 11.5. The first-order valence-corrected chi connectivity index (χ1v) is 8.06. The number of sulfone groups is 1. The van der Waals surface area contributed by atoms with Crippen LogP contribution in [0.2, 0.25) is 0 Å². The number of nitrogens with one attached hydrogen (secondary N) is 2. The number of hydrogen-bond donors (Lipinski definition) is 2. The summed E-state index contributed by atoms with van der Waals surface area (Å²) in [4.78, 5) is 11.5. The van der Waals surface area contributed by atoms with Gasteiger partial charge in [-0.3, -0.25) is 4.79 Å². The van der Waals surface area contributed by atoms with Crippen LogP contribution in [0.25, 0.3) is 0 Å². The van der Waals surface area contributed by atoms with Crippen molar-refractivity contribution in [2.45, 2.75) is 38.6 Å². The second-order valence-corrected chi connectivity index (χ2v) is 6.91. The number of rotatable bonds is 6. The van der Waals surface area contributed by atoms with Crippen molar-refractivity contribution >= 4 is 15.7 Å². The summed E-state index contributed by atoms with van der Waals surface area (Å²) in [7, 11) is -2.98. The molecule has 6 heteroatoms. The highest BCUT2D eigenvalue weighted by molar-refractivity contribution is 7.91. The van der Waals surface area contributed by atoms with Crippen molar-refractivity contribution in [3.63, 3.8) is 0 Å². The molecule has 0 radical (unpaired) electrons. The largest absolute Gasteiger partial charge is 0.355 e. The lowest BCUT2D eigenvalue weighted by Crippen LogP contribution is -2.39. The van der Waals surface area contributed by atoms with Gasteiger partial charge in [0.1, 0.15) is 0 Å². The molecule has 1 amide bonds. The molecule has 0 bridgehead atoms. The monoisotopic (exact) mass is 262 g/mol. The van der Waals surface area contributed by atoms with Crippen molar-refractivity contribution in [3.05, 3.63) is 0 Å². The van der Waals surface area contributed by atoms with Crippen LogP contribution in [-0.4, -0.2) is 45.0 Å². The lowest BCUT2D eigenvalue weighted by atomic mass is 10.0. The molecule has 1 rings (SSSR count). The van der Waals surface area contributed by atoms with E-state index in [-0.39, 0.29) is 30.0 Å². The summed E-state index contributed by atoms with van der Waals surface area (Å²) in [6.45, 7) is 2.81. The van der Waals surface area contributed by atoms with Crippen molar-refractivity contribution < 1.29 is 13.2 Å². The minimum absolute atomic E-state index is 0.0351. The highest BCUT2D eigenvalue weighted by Gasteiger charge is 2.16. The van der Waals surface area contributed by atoms with Gasteiger partial charge in [-0.15, -0.1) is 0 Å². The van der Waals surface area contributed by atoms with Gasteiger partial charge in [-0.1, -0.05) is 13.3 Å². The van der Waals surface area contributed by atoms with Crippen LogP contribution in [0.15, 0.2) is 0 Å². The van der Waals surface area contributed by atoms with Gasteiger partial charge in [0.05, 0.1) is 5.75 Å². The predicted octanol–water partition coefficient (Wildman–Crippen LogP) is 0.0695. The van der Waals surface area contributed by atoms with Gasteiger partial charge in [-0.2, -0.15) is 0 Å². The highest BCUT2D eigenvalue weighted by atomic mass is 32.2. The minimum atomic E-state index is -2.98. The molecule has 1 unspecified atom stereocenters. The third-order valence-corrected chi connectivity index (χ3v) is 4.73. The zero-order valence-electron chi connectivity index (χ0n) is 10.4. The average Bonchev–Trinajstić information content (AvgIpc) is 2.30. The fraction of sp³-hybridized carbons (Fsp3) is 0.909. The van der Waals surface area contributed by atoms with E-state index in [4.69, 9.17) is 0 Å². The Morgan fingerprint density at radius 3 is 2.76 bits per heavy atom. The maximum Gasteiger partial charge on any atom is 0.221 e. The highest BCUT2D eigenvalue weighted by Crippen LogP contribution is 2.09. The summed E-state index contributed by atoms with van der Waals surface area (Å²) in [6, 6.07) is 0.256. The minimum Gasteiger partial charge on any atom is -0.355 e. The van der Waals surface area contributed by atoms with E-state index in [0.717, 1.165) is 19.4 Å². The maximum absolute atomic E-state index is 11.5. The number of carbonyl (C=O) groups excluding carboxylic acids is 1. The molecule has 5 nitrogen and oxygen atoms in total.